The van der Waals surface area contributed by atoms with Crippen molar-refractivity contribution in [2.24, 2.45) is 11.3 Å². The predicted octanol–water partition coefficient (Wildman–Crippen LogP) is 1.60. The van der Waals surface area contributed by atoms with E-state index < -0.39 is 23.5 Å². The number of carbonyl (C=O) groups is 2. The summed E-state index contributed by atoms with van der Waals surface area (Å²) in [6.45, 7) is 8.74. The van der Waals surface area contributed by atoms with Gasteiger partial charge in [-0.15, -0.1) is 0 Å². The molecule has 1 fully saturated rings. The highest BCUT2D eigenvalue weighted by Gasteiger charge is 2.33. The van der Waals surface area contributed by atoms with E-state index in [4.69, 9.17) is 4.74 Å². The highest BCUT2D eigenvalue weighted by atomic mass is 16.5. The molecule has 116 valence electrons. The average molecular weight is 286 g/mol. The molecule has 1 aliphatic heterocycles. The number of urea groups is 1. The number of ether oxygens (including phenoxy) is 1. The molecule has 0 radical (unpaired) electrons. The normalized spacial score (nSPS) is 20.0. The standard InChI is InChI=1S/C14H26N2O4/c1-9(10-5-7-20-8-6-10)15-13(19)16-11(12(17)18)14(2,3)4/h9-11H,5-8H2,1-4H3,(H,17,18)(H2,15,16,19). The number of hydrogen-bond acceptors (Lipinski definition) is 3. The Hall–Kier alpha value is -1.30. The molecule has 1 aliphatic rings. The molecule has 20 heavy (non-hydrogen) atoms. The van der Waals surface area contributed by atoms with Crippen molar-refractivity contribution in [1.82, 2.24) is 10.6 Å². The zero-order valence-electron chi connectivity index (χ0n) is 12.7. The summed E-state index contributed by atoms with van der Waals surface area (Å²) in [7, 11) is 0. The van der Waals surface area contributed by atoms with Crippen LogP contribution < -0.4 is 10.6 Å². The molecule has 0 bridgehead atoms. The second-order valence-corrected chi connectivity index (χ2v) is 6.49. The maximum atomic E-state index is 11.9. The van der Waals surface area contributed by atoms with Crippen molar-refractivity contribution in [3.05, 3.63) is 0 Å². The first-order chi connectivity index (χ1) is 9.21. The first kappa shape index (κ1) is 16.8. The Labute approximate surface area is 120 Å². The van der Waals surface area contributed by atoms with Crippen LogP contribution in [0.15, 0.2) is 0 Å². The fraction of sp³-hybridized carbons (Fsp3) is 0.857. The van der Waals surface area contributed by atoms with Crippen LogP contribution in [0.25, 0.3) is 0 Å². The molecule has 1 heterocycles. The van der Waals surface area contributed by atoms with Crippen molar-refractivity contribution in [1.29, 1.82) is 0 Å². The van der Waals surface area contributed by atoms with Crippen molar-refractivity contribution in [3.8, 4) is 0 Å². The maximum Gasteiger partial charge on any atom is 0.326 e. The lowest BCUT2D eigenvalue weighted by atomic mass is 9.87. The van der Waals surface area contributed by atoms with Crippen LogP contribution in [0.2, 0.25) is 0 Å². The summed E-state index contributed by atoms with van der Waals surface area (Å²) in [4.78, 5) is 23.2. The van der Waals surface area contributed by atoms with E-state index in [1.807, 2.05) is 6.92 Å². The largest absolute Gasteiger partial charge is 0.480 e. The fourth-order valence-corrected chi connectivity index (χ4v) is 2.36. The molecular formula is C14H26N2O4. The van der Waals surface area contributed by atoms with Crippen molar-refractivity contribution in [3.63, 3.8) is 0 Å². The summed E-state index contributed by atoms with van der Waals surface area (Å²) < 4.78 is 5.29. The number of amides is 2. The lowest BCUT2D eigenvalue weighted by Crippen LogP contribution is -2.54. The molecule has 0 aliphatic carbocycles. The number of hydrogen-bond donors (Lipinski definition) is 3. The highest BCUT2D eigenvalue weighted by Crippen LogP contribution is 2.20. The van der Waals surface area contributed by atoms with Crippen LogP contribution in [0.3, 0.4) is 0 Å². The van der Waals surface area contributed by atoms with Crippen LogP contribution in [-0.4, -0.2) is 42.4 Å². The first-order valence-corrected chi connectivity index (χ1v) is 7.09. The van der Waals surface area contributed by atoms with Gasteiger partial charge in [-0.2, -0.15) is 0 Å². The summed E-state index contributed by atoms with van der Waals surface area (Å²) >= 11 is 0. The molecule has 0 aromatic rings. The quantitative estimate of drug-likeness (QED) is 0.732. The van der Waals surface area contributed by atoms with E-state index in [0.717, 1.165) is 26.1 Å². The number of carboxylic acid groups (broad SMARTS) is 1. The molecule has 0 aromatic heterocycles. The smallest absolute Gasteiger partial charge is 0.326 e. The van der Waals surface area contributed by atoms with Gasteiger partial charge < -0.3 is 20.5 Å². The molecule has 2 amide bonds. The summed E-state index contributed by atoms with van der Waals surface area (Å²) in [5, 5.41) is 14.6. The minimum absolute atomic E-state index is 0.00770. The van der Waals surface area contributed by atoms with E-state index in [-0.39, 0.29) is 6.04 Å². The first-order valence-electron chi connectivity index (χ1n) is 7.09. The number of rotatable bonds is 4. The van der Waals surface area contributed by atoms with Crippen LogP contribution in [0.5, 0.6) is 0 Å². The summed E-state index contributed by atoms with van der Waals surface area (Å²) in [6, 6.07) is -1.33. The topological polar surface area (TPSA) is 87.7 Å². The number of aliphatic carboxylic acids is 1. The molecule has 1 rings (SSSR count). The molecule has 0 spiro atoms. The predicted molar refractivity (Wildman–Crippen MR) is 75.6 cm³/mol. The van der Waals surface area contributed by atoms with Gasteiger partial charge in [-0.25, -0.2) is 9.59 Å². The molecule has 3 N–H and O–H groups in total. The Morgan fingerprint density at radius 2 is 1.75 bits per heavy atom. The third-order valence-corrected chi connectivity index (χ3v) is 3.72. The minimum atomic E-state index is -1.02. The van der Waals surface area contributed by atoms with Gasteiger partial charge in [0.1, 0.15) is 6.04 Å². The zero-order chi connectivity index (χ0) is 15.3. The number of nitrogens with one attached hydrogen (secondary N) is 2. The van der Waals surface area contributed by atoms with Gasteiger partial charge in [-0.05, 0) is 31.1 Å². The molecule has 0 saturated carbocycles. The monoisotopic (exact) mass is 286 g/mol. The lowest BCUT2D eigenvalue weighted by Gasteiger charge is -2.31. The van der Waals surface area contributed by atoms with Gasteiger partial charge in [-0.1, -0.05) is 20.8 Å². The second kappa shape index (κ2) is 6.92. The Morgan fingerprint density at radius 3 is 2.20 bits per heavy atom. The minimum Gasteiger partial charge on any atom is -0.480 e. The summed E-state index contributed by atoms with van der Waals surface area (Å²) in [5.74, 6) is -0.640. The molecular weight excluding hydrogens is 260 g/mol. The van der Waals surface area contributed by atoms with E-state index in [0.29, 0.717) is 5.92 Å². The zero-order valence-corrected chi connectivity index (χ0v) is 12.7. The van der Waals surface area contributed by atoms with Gasteiger partial charge in [0.15, 0.2) is 0 Å². The van der Waals surface area contributed by atoms with Crippen molar-refractivity contribution >= 4 is 12.0 Å². The van der Waals surface area contributed by atoms with Crippen molar-refractivity contribution < 1.29 is 19.4 Å². The van der Waals surface area contributed by atoms with Gasteiger partial charge >= 0.3 is 12.0 Å². The summed E-state index contributed by atoms with van der Waals surface area (Å²) in [6.07, 6.45) is 1.84. The number of carbonyl (C=O) groups excluding carboxylic acids is 1. The van der Waals surface area contributed by atoms with Gasteiger partial charge in [0, 0.05) is 19.3 Å². The van der Waals surface area contributed by atoms with Crippen molar-refractivity contribution in [2.75, 3.05) is 13.2 Å². The molecule has 0 aromatic carbocycles. The van der Waals surface area contributed by atoms with Gasteiger partial charge in [0.25, 0.3) is 0 Å². The van der Waals surface area contributed by atoms with E-state index >= 15 is 0 Å². The van der Waals surface area contributed by atoms with Gasteiger partial charge in [0.2, 0.25) is 0 Å². The van der Waals surface area contributed by atoms with Crippen LogP contribution in [0, 0.1) is 11.3 Å². The average Bonchev–Trinajstić information content (AvgIpc) is 2.35. The Morgan fingerprint density at radius 1 is 1.20 bits per heavy atom. The fourth-order valence-electron chi connectivity index (χ4n) is 2.36. The number of carboxylic acids is 1. The molecule has 1 saturated heterocycles. The highest BCUT2D eigenvalue weighted by molar-refractivity contribution is 5.83. The lowest BCUT2D eigenvalue weighted by molar-refractivity contribution is -0.141. The SMILES string of the molecule is CC(NC(=O)NC(C(=O)O)C(C)(C)C)C1CCOCC1. The van der Waals surface area contributed by atoms with Crippen LogP contribution in [0.4, 0.5) is 4.79 Å². The van der Waals surface area contributed by atoms with Crippen LogP contribution in [0.1, 0.15) is 40.5 Å². The van der Waals surface area contributed by atoms with Gasteiger partial charge in [-0.3, -0.25) is 0 Å². The second-order valence-electron chi connectivity index (χ2n) is 6.49. The van der Waals surface area contributed by atoms with Crippen LogP contribution >= 0.6 is 0 Å². The third-order valence-electron chi connectivity index (χ3n) is 3.72. The van der Waals surface area contributed by atoms with Crippen LogP contribution in [-0.2, 0) is 9.53 Å². The Kier molecular flexibility index (Phi) is 5.80. The summed E-state index contributed by atoms with van der Waals surface area (Å²) in [5.41, 5.74) is -0.537. The van der Waals surface area contributed by atoms with E-state index in [1.54, 1.807) is 20.8 Å². The molecule has 2 atom stereocenters. The van der Waals surface area contributed by atoms with E-state index in [9.17, 15) is 14.7 Å². The van der Waals surface area contributed by atoms with Crippen molar-refractivity contribution in [2.45, 2.75) is 52.6 Å². The molecule has 6 nitrogen and oxygen atoms in total. The Bertz CT molecular complexity index is 346. The molecule has 6 heteroatoms. The Balaban J connectivity index is 2.50. The van der Waals surface area contributed by atoms with Gasteiger partial charge in [0.05, 0.1) is 0 Å². The molecule has 2 unspecified atom stereocenters. The van der Waals surface area contributed by atoms with E-state index in [2.05, 4.69) is 10.6 Å². The van der Waals surface area contributed by atoms with E-state index in [1.165, 1.54) is 0 Å². The third kappa shape index (κ3) is 5.00. The maximum absolute atomic E-state index is 11.9.